The minimum absolute atomic E-state index is 0.0113. The number of alkyl halides is 4. The van der Waals surface area contributed by atoms with Crippen molar-refractivity contribution >= 4 is 22.6 Å². The number of hydrogen-bond donors (Lipinski definition) is 0. The smallest absolute Gasteiger partial charge is 0.268 e. The van der Waals surface area contributed by atoms with Crippen LogP contribution in [-0.2, 0) is 0 Å². The molecule has 0 fully saturated rings. The van der Waals surface area contributed by atoms with Gasteiger partial charge >= 0.3 is 6.18 Å². The van der Waals surface area contributed by atoms with Crippen LogP contribution in [0.5, 0.6) is 0 Å². The fraction of sp³-hybridized carbons (Fsp3) is 0.286. The van der Waals surface area contributed by atoms with Crippen molar-refractivity contribution in [1.82, 2.24) is 0 Å². The van der Waals surface area contributed by atoms with E-state index in [-0.39, 0.29) is 11.0 Å². The van der Waals surface area contributed by atoms with E-state index in [0.717, 1.165) is 6.08 Å². The molecule has 0 atom stereocenters. The predicted octanol–water partition coefficient (Wildman–Crippen LogP) is 3.08. The number of nitrogens with zero attached hydrogens (tertiary/aromatic N) is 1. The molecule has 0 N–H and O–H groups in total. The number of halogens is 4. The van der Waals surface area contributed by atoms with Crippen LogP contribution in [-0.4, -0.2) is 18.2 Å². The van der Waals surface area contributed by atoms with E-state index in [1.807, 2.05) is 0 Å². The van der Waals surface area contributed by atoms with E-state index in [0.29, 0.717) is 0 Å². The zero-order valence-corrected chi connectivity index (χ0v) is 7.74. The van der Waals surface area contributed by atoms with Crippen molar-refractivity contribution in [2.75, 3.05) is 5.33 Å². The summed E-state index contributed by atoms with van der Waals surface area (Å²) in [5.74, 6) is 0. The van der Waals surface area contributed by atoms with Gasteiger partial charge in [-0.15, -0.1) is 0 Å². The van der Waals surface area contributed by atoms with Gasteiger partial charge in [0, 0.05) is 5.33 Å². The maximum Gasteiger partial charge on any atom is 0.418 e. The van der Waals surface area contributed by atoms with Gasteiger partial charge in [-0.3, -0.25) is 4.99 Å². The van der Waals surface area contributed by atoms with Crippen molar-refractivity contribution in [2.45, 2.75) is 6.18 Å². The Morgan fingerprint density at radius 1 is 1.50 bits per heavy atom. The lowest BCUT2D eigenvalue weighted by molar-refractivity contribution is -0.0889. The fourth-order valence-corrected chi connectivity index (χ4v) is 1.08. The SMILES string of the molecule is C=C/C(=C(/CBr)N=C)C(F)(F)F. The van der Waals surface area contributed by atoms with Gasteiger partial charge in [-0.1, -0.05) is 28.6 Å². The molecule has 0 rings (SSSR count). The van der Waals surface area contributed by atoms with Crippen LogP contribution in [0.15, 0.2) is 28.9 Å². The summed E-state index contributed by atoms with van der Waals surface area (Å²) >= 11 is 2.87. The van der Waals surface area contributed by atoms with Crippen LogP contribution < -0.4 is 0 Å². The van der Waals surface area contributed by atoms with Gasteiger partial charge in [-0.05, 0) is 6.72 Å². The molecule has 0 aliphatic heterocycles. The Morgan fingerprint density at radius 2 is 2.00 bits per heavy atom. The number of rotatable bonds is 3. The van der Waals surface area contributed by atoms with Crippen LogP contribution in [0.2, 0.25) is 0 Å². The lowest BCUT2D eigenvalue weighted by Gasteiger charge is -2.09. The molecule has 0 amide bonds. The summed E-state index contributed by atoms with van der Waals surface area (Å²) in [7, 11) is 0. The molecule has 68 valence electrons. The Hall–Kier alpha value is -0.580. The summed E-state index contributed by atoms with van der Waals surface area (Å²) in [4.78, 5) is 3.24. The summed E-state index contributed by atoms with van der Waals surface area (Å²) in [5.41, 5.74) is -1.01. The molecule has 0 saturated carbocycles. The number of allylic oxidation sites excluding steroid dienone is 3. The molecule has 0 bridgehead atoms. The second-order valence-corrected chi connectivity index (χ2v) is 2.41. The Morgan fingerprint density at radius 3 is 2.08 bits per heavy atom. The lowest BCUT2D eigenvalue weighted by atomic mass is 10.2. The molecule has 0 spiro atoms. The number of aliphatic imine (C=N–C) groups is 1. The van der Waals surface area contributed by atoms with Crippen LogP contribution >= 0.6 is 15.9 Å². The molecule has 0 aliphatic rings. The molecule has 0 unspecified atom stereocenters. The van der Waals surface area contributed by atoms with Crippen molar-refractivity contribution in [1.29, 1.82) is 0 Å². The monoisotopic (exact) mass is 241 g/mol. The molecule has 12 heavy (non-hydrogen) atoms. The van der Waals surface area contributed by atoms with Crippen molar-refractivity contribution in [2.24, 2.45) is 4.99 Å². The maximum absolute atomic E-state index is 12.1. The van der Waals surface area contributed by atoms with Gasteiger partial charge in [-0.25, -0.2) is 0 Å². The van der Waals surface area contributed by atoms with E-state index in [1.54, 1.807) is 0 Å². The minimum atomic E-state index is -4.41. The van der Waals surface area contributed by atoms with Gasteiger partial charge in [0.1, 0.15) is 0 Å². The topological polar surface area (TPSA) is 12.4 Å². The summed E-state index contributed by atoms with van der Waals surface area (Å²) in [5, 5.41) is 0.0113. The summed E-state index contributed by atoms with van der Waals surface area (Å²) in [6.45, 7) is 6.09. The van der Waals surface area contributed by atoms with E-state index < -0.39 is 11.7 Å². The minimum Gasteiger partial charge on any atom is -0.268 e. The average molecular weight is 242 g/mol. The zero-order chi connectivity index (χ0) is 9.78. The predicted molar refractivity (Wildman–Crippen MR) is 46.6 cm³/mol. The summed E-state index contributed by atoms with van der Waals surface area (Å²) in [6, 6.07) is 0. The highest BCUT2D eigenvalue weighted by molar-refractivity contribution is 9.09. The van der Waals surface area contributed by atoms with Crippen molar-refractivity contribution in [3.05, 3.63) is 23.9 Å². The second-order valence-electron chi connectivity index (χ2n) is 1.85. The third-order valence-electron chi connectivity index (χ3n) is 1.14. The highest BCUT2D eigenvalue weighted by atomic mass is 79.9. The normalized spacial score (nSPS) is 13.7. The molecule has 5 heteroatoms. The highest BCUT2D eigenvalue weighted by Crippen LogP contribution is 2.29. The second kappa shape index (κ2) is 4.45. The first-order valence-corrected chi connectivity index (χ1v) is 4.05. The quantitative estimate of drug-likeness (QED) is 0.409. The Kier molecular flexibility index (Phi) is 4.23. The molecule has 0 saturated heterocycles. The van der Waals surface area contributed by atoms with Gasteiger partial charge in [-0.2, -0.15) is 13.2 Å². The van der Waals surface area contributed by atoms with Gasteiger partial charge in [0.15, 0.2) is 0 Å². The molecule has 0 aromatic heterocycles. The lowest BCUT2D eigenvalue weighted by Crippen LogP contribution is -2.12. The van der Waals surface area contributed by atoms with Gasteiger partial charge < -0.3 is 0 Å². The van der Waals surface area contributed by atoms with E-state index in [4.69, 9.17) is 0 Å². The van der Waals surface area contributed by atoms with Gasteiger partial charge in [0.2, 0.25) is 0 Å². The van der Waals surface area contributed by atoms with Crippen LogP contribution in [0.4, 0.5) is 13.2 Å². The third kappa shape index (κ3) is 2.81. The van der Waals surface area contributed by atoms with Crippen LogP contribution in [0.3, 0.4) is 0 Å². The van der Waals surface area contributed by atoms with Crippen molar-refractivity contribution < 1.29 is 13.2 Å². The molecule has 0 radical (unpaired) electrons. The van der Waals surface area contributed by atoms with E-state index >= 15 is 0 Å². The molecule has 0 heterocycles. The Balaban J connectivity index is 5.09. The fourth-order valence-electron chi connectivity index (χ4n) is 0.597. The third-order valence-corrected chi connectivity index (χ3v) is 1.67. The summed E-state index contributed by atoms with van der Waals surface area (Å²) < 4.78 is 36.3. The van der Waals surface area contributed by atoms with Crippen molar-refractivity contribution in [3.63, 3.8) is 0 Å². The average Bonchev–Trinajstić information content (AvgIpc) is 1.97. The first-order chi connectivity index (χ1) is 5.47. The molecular weight excluding hydrogens is 235 g/mol. The first kappa shape index (κ1) is 11.4. The van der Waals surface area contributed by atoms with E-state index in [9.17, 15) is 13.2 Å². The van der Waals surface area contributed by atoms with Crippen LogP contribution in [0.1, 0.15) is 0 Å². The Labute approximate surface area is 76.8 Å². The molecule has 0 aromatic carbocycles. The van der Waals surface area contributed by atoms with E-state index in [2.05, 4.69) is 34.2 Å². The standard InChI is InChI=1S/C7H7BrF3N/c1-3-5(7(9,10)11)6(4-8)12-2/h3H,1-2,4H2/b6-5+. The van der Waals surface area contributed by atoms with Gasteiger partial charge in [0.05, 0.1) is 11.3 Å². The van der Waals surface area contributed by atoms with Crippen molar-refractivity contribution in [3.8, 4) is 0 Å². The number of hydrogen-bond acceptors (Lipinski definition) is 1. The zero-order valence-electron chi connectivity index (χ0n) is 6.16. The van der Waals surface area contributed by atoms with E-state index in [1.165, 1.54) is 0 Å². The highest BCUT2D eigenvalue weighted by Gasteiger charge is 2.33. The van der Waals surface area contributed by atoms with Crippen LogP contribution in [0.25, 0.3) is 0 Å². The summed E-state index contributed by atoms with van der Waals surface area (Å²) in [6.07, 6.45) is -3.68. The largest absolute Gasteiger partial charge is 0.418 e. The Bertz CT molecular complexity index is 217. The molecular formula is C7H7BrF3N. The first-order valence-electron chi connectivity index (χ1n) is 2.92. The molecule has 1 nitrogen and oxygen atoms in total. The van der Waals surface area contributed by atoms with Gasteiger partial charge in [0.25, 0.3) is 0 Å². The maximum atomic E-state index is 12.1. The van der Waals surface area contributed by atoms with Crippen LogP contribution in [0, 0.1) is 0 Å². The molecule has 0 aliphatic carbocycles. The molecule has 0 aromatic rings.